The molecular formula is C10H7Cl3O3. The summed E-state index contributed by atoms with van der Waals surface area (Å²) >= 11 is 17.8. The van der Waals surface area contributed by atoms with Gasteiger partial charge in [-0.1, -0.05) is 23.2 Å². The molecule has 0 aliphatic carbocycles. The van der Waals surface area contributed by atoms with Crippen LogP contribution in [0.15, 0.2) is 12.1 Å². The van der Waals surface area contributed by atoms with Gasteiger partial charge in [0.1, 0.15) is 0 Å². The minimum Gasteiger partial charge on any atom is -0.410 e. The maximum absolute atomic E-state index is 11.6. The van der Waals surface area contributed by atoms with E-state index in [0.717, 1.165) is 0 Å². The molecular weight excluding hydrogens is 274 g/mol. The number of cyclic esters (lactones) is 1. The molecule has 0 bridgehead atoms. The van der Waals surface area contributed by atoms with Crippen molar-refractivity contribution in [1.82, 2.24) is 0 Å². The van der Waals surface area contributed by atoms with Crippen LogP contribution in [0.5, 0.6) is 0 Å². The predicted octanol–water partition coefficient (Wildman–Crippen LogP) is 3.55. The molecule has 1 aliphatic rings. The number of benzene rings is 1. The van der Waals surface area contributed by atoms with Crippen molar-refractivity contribution >= 4 is 40.8 Å². The van der Waals surface area contributed by atoms with Gasteiger partial charge in [-0.3, -0.25) is 0 Å². The number of esters is 1. The Labute approximate surface area is 107 Å². The highest BCUT2D eigenvalue weighted by molar-refractivity contribution is 6.44. The average Bonchev–Trinajstić information content (AvgIpc) is 2.45. The number of fused-ring (bicyclic) bond motifs is 1. The van der Waals surface area contributed by atoms with Crippen LogP contribution in [-0.2, 0) is 14.7 Å². The lowest BCUT2D eigenvalue weighted by molar-refractivity contribution is -0.137. The molecule has 0 aromatic heterocycles. The molecule has 2 rings (SSSR count). The van der Waals surface area contributed by atoms with Gasteiger partial charge in [-0.15, -0.1) is 0 Å². The number of ether oxygens (including phenoxy) is 2. The predicted molar refractivity (Wildman–Crippen MR) is 61.0 cm³/mol. The molecule has 1 aromatic rings. The summed E-state index contributed by atoms with van der Waals surface area (Å²) in [4.78, 5) is 11.6. The zero-order valence-corrected chi connectivity index (χ0v) is 10.5. The zero-order valence-electron chi connectivity index (χ0n) is 8.22. The molecule has 1 aliphatic heterocycles. The molecule has 0 saturated carbocycles. The quantitative estimate of drug-likeness (QED) is 0.614. The number of halogens is 3. The van der Waals surface area contributed by atoms with Gasteiger partial charge in [0, 0.05) is 6.61 Å². The first-order valence-corrected chi connectivity index (χ1v) is 5.67. The number of carbonyl (C=O) groups is 1. The van der Waals surface area contributed by atoms with Gasteiger partial charge < -0.3 is 9.47 Å². The molecule has 1 atom stereocenters. The summed E-state index contributed by atoms with van der Waals surface area (Å²) in [6.07, 6.45) is 0. The Balaban J connectivity index is 2.60. The highest BCUT2D eigenvalue weighted by Crippen LogP contribution is 2.45. The highest BCUT2D eigenvalue weighted by atomic mass is 35.5. The third-order valence-corrected chi connectivity index (χ3v) is 3.37. The first-order chi connectivity index (χ1) is 7.49. The minimum absolute atomic E-state index is 0.131. The van der Waals surface area contributed by atoms with Gasteiger partial charge >= 0.3 is 11.2 Å². The van der Waals surface area contributed by atoms with Gasteiger partial charge in [0.05, 0.1) is 21.2 Å². The van der Waals surface area contributed by atoms with Crippen molar-refractivity contribution in [3.05, 3.63) is 33.3 Å². The number of hydrogen-bond donors (Lipinski definition) is 0. The first-order valence-electron chi connectivity index (χ1n) is 4.54. The maximum Gasteiger partial charge on any atom is 0.344 e. The lowest BCUT2D eigenvalue weighted by atomic mass is 10.1. The van der Waals surface area contributed by atoms with Crippen molar-refractivity contribution in [3.63, 3.8) is 0 Å². The Hall–Kier alpha value is -0.480. The van der Waals surface area contributed by atoms with Gasteiger partial charge in [0.2, 0.25) is 0 Å². The molecule has 1 aromatic carbocycles. The fourth-order valence-corrected chi connectivity index (χ4v) is 2.25. The normalized spacial score (nSPS) is 23.1. The van der Waals surface area contributed by atoms with E-state index in [9.17, 15) is 4.79 Å². The van der Waals surface area contributed by atoms with Crippen LogP contribution in [0.1, 0.15) is 22.8 Å². The molecule has 0 saturated heterocycles. The van der Waals surface area contributed by atoms with E-state index in [4.69, 9.17) is 44.3 Å². The van der Waals surface area contributed by atoms with Crippen LogP contribution in [0.2, 0.25) is 10.0 Å². The van der Waals surface area contributed by atoms with E-state index in [1.54, 1.807) is 19.1 Å². The zero-order chi connectivity index (χ0) is 11.9. The van der Waals surface area contributed by atoms with Crippen molar-refractivity contribution < 1.29 is 14.3 Å². The summed E-state index contributed by atoms with van der Waals surface area (Å²) in [5, 5.41) is -1.18. The van der Waals surface area contributed by atoms with Crippen LogP contribution in [0.25, 0.3) is 0 Å². The van der Waals surface area contributed by atoms with Gasteiger partial charge in [-0.2, -0.15) is 0 Å². The third kappa shape index (κ3) is 1.68. The van der Waals surface area contributed by atoms with Crippen LogP contribution in [-0.4, -0.2) is 12.6 Å². The fourth-order valence-electron chi connectivity index (χ4n) is 1.52. The molecule has 3 nitrogen and oxygen atoms in total. The number of carbonyl (C=O) groups excluding carboxylic acids is 1. The summed E-state index contributed by atoms with van der Waals surface area (Å²) in [5.74, 6) is -0.633. The van der Waals surface area contributed by atoms with Crippen LogP contribution < -0.4 is 0 Å². The summed E-state index contributed by atoms with van der Waals surface area (Å²) < 4.78 is 10.2. The van der Waals surface area contributed by atoms with Crippen LogP contribution in [0, 0.1) is 0 Å². The lowest BCUT2D eigenvalue weighted by Crippen LogP contribution is -2.22. The van der Waals surface area contributed by atoms with E-state index in [0.29, 0.717) is 12.2 Å². The Morgan fingerprint density at radius 2 is 2.12 bits per heavy atom. The van der Waals surface area contributed by atoms with Crippen LogP contribution >= 0.6 is 34.8 Å². The second-order valence-corrected chi connectivity index (χ2v) is 4.43. The van der Waals surface area contributed by atoms with Gasteiger partial charge in [-0.05, 0) is 30.7 Å². The second kappa shape index (κ2) is 4.08. The van der Waals surface area contributed by atoms with Gasteiger partial charge in [-0.25, -0.2) is 4.79 Å². The molecule has 0 fully saturated rings. The van der Waals surface area contributed by atoms with Crippen LogP contribution in [0.3, 0.4) is 0 Å². The number of alkyl halides is 1. The molecule has 1 heterocycles. The Morgan fingerprint density at radius 3 is 2.75 bits per heavy atom. The first kappa shape index (κ1) is 12.0. The van der Waals surface area contributed by atoms with E-state index in [1.165, 1.54) is 0 Å². The molecule has 16 heavy (non-hydrogen) atoms. The lowest BCUT2D eigenvalue weighted by Gasteiger charge is -2.20. The van der Waals surface area contributed by atoms with E-state index < -0.39 is 11.2 Å². The molecule has 0 N–H and O–H groups in total. The number of rotatable bonds is 2. The second-order valence-electron chi connectivity index (χ2n) is 3.14. The fraction of sp³-hybridized carbons (Fsp3) is 0.300. The topological polar surface area (TPSA) is 35.5 Å². The molecule has 0 amide bonds. The Kier molecular flexibility index (Phi) is 3.05. The van der Waals surface area contributed by atoms with E-state index in [2.05, 4.69) is 0 Å². The molecule has 0 spiro atoms. The van der Waals surface area contributed by atoms with Crippen LogP contribution in [0.4, 0.5) is 0 Å². The van der Waals surface area contributed by atoms with Crippen molar-refractivity contribution in [2.75, 3.05) is 6.61 Å². The molecule has 1 unspecified atom stereocenters. The molecule has 0 radical (unpaired) electrons. The number of hydrogen-bond acceptors (Lipinski definition) is 3. The van der Waals surface area contributed by atoms with Crippen molar-refractivity contribution in [2.45, 2.75) is 12.2 Å². The van der Waals surface area contributed by atoms with Crippen molar-refractivity contribution in [2.24, 2.45) is 0 Å². The maximum atomic E-state index is 11.6. The highest BCUT2D eigenvalue weighted by Gasteiger charge is 2.47. The van der Waals surface area contributed by atoms with Crippen molar-refractivity contribution in [1.29, 1.82) is 0 Å². The van der Waals surface area contributed by atoms with Crippen molar-refractivity contribution in [3.8, 4) is 0 Å². The third-order valence-electron chi connectivity index (χ3n) is 2.17. The van der Waals surface area contributed by atoms with E-state index in [-0.39, 0.29) is 15.6 Å². The summed E-state index contributed by atoms with van der Waals surface area (Å²) in [5.41, 5.74) is 0.549. The summed E-state index contributed by atoms with van der Waals surface area (Å²) in [6.45, 7) is 2.05. The minimum atomic E-state index is -1.59. The monoisotopic (exact) mass is 280 g/mol. The molecule has 86 valence electrons. The average molecular weight is 282 g/mol. The Morgan fingerprint density at radius 1 is 1.44 bits per heavy atom. The largest absolute Gasteiger partial charge is 0.410 e. The molecule has 6 heteroatoms. The van der Waals surface area contributed by atoms with Gasteiger partial charge in [0.15, 0.2) is 0 Å². The standard InChI is InChI=1S/C10H7Cl3O3/c1-2-15-10(13)5-3-4-6(11)8(12)7(5)9(14)16-10/h3-4H,2H2,1H3. The summed E-state index contributed by atoms with van der Waals surface area (Å²) in [6, 6.07) is 3.11. The Bertz CT molecular complexity index is 461. The smallest absolute Gasteiger partial charge is 0.344 e. The SMILES string of the molecule is CCOC1(Cl)OC(=O)c2c1ccc(Cl)c2Cl. The summed E-state index contributed by atoms with van der Waals surface area (Å²) in [7, 11) is 0. The van der Waals surface area contributed by atoms with E-state index >= 15 is 0 Å². The van der Waals surface area contributed by atoms with Gasteiger partial charge in [0.25, 0.3) is 0 Å². The van der Waals surface area contributed by atoms with E-state index in [1.807, 2.05) is 0 Å².